The second kappa shape index (κ2) is 35.5. The van der Waals surface area contributed by atoms with Crippen LogP contribution in [0.3, 0.4) is 0 Å². The maximum absolute atomic E-state index is 12.4. The quantitative estimate of drug-likeness (QED) is 0.0368. The van der Waals surface area contributed by atoms with Crippen molar-refractivity contribution in [2.75, 3.05) is 13.2 Å². The number of phosphoric ester groups is 1. The predicted octanol–water partition coefficient (Wildman–Crippen LogP) is 12.3. The summed E-state index contributed by atoms with van der Waals surface area (Å²) in [6, 6.07) is 0. The van der Waals surface area contributed by atoms with Gasteiger partial charge in [0.05, 0.1) is 6.61 Å². The minimum absolute atomic E-state index is 0.218. The Morgan fingerprint density at radius 2 is 0.898 bits per heavy atom. The van der Waals surface area contributed by atoms with Gasteiger partial charge in [0.1, 0.15) is 6.61 Å². The lowest BCUT2D eigenvalue weighted by molar-refractivity contribution is -0.161. The van der Waals surface area contributed by atoms with Gasteiger partial charge in [-0.25, -0.2) is 4.57 Å². The Kier molecular flexibility index (Phi) is 34.8. The fraction of sp³-hybridized carbons (Fsp3) is 0.950. The normalized spacial score (nSPS) is 13.0. The molecule has 0 saturated carbocycles. The zero-order valence-corrected chi connectivity index (χ0v) is 33.2. The van der Waals surface area contributed by atoms with E-state index in [0.717, 1.165) is 44.4 Å². The molecular formula is C40H79O8P. The van der Waals surface area contributed by atoms with Crippen LogP contribution in [0.5, 0.6) is 0 Å². The van der Waals surface area contributed by atoms with Gasteiger partial charge >= 0.3 is 19.8 Å². The highest BCUT2D eigenvalue weighted by atomic mass is 31.2. The van der Waals surface area contributed by atoms with Gasteiger partial charge in [0, 0.05) is 12.8 Å². The molecular weight excluding hydrogens is 639 g/mol. The van der Waals surface area contributed by atoms with E-state index in [4.69, 9.17) is 19.3 Å². The third-order valence-corrected chi connectivity index (χ3v) is 10.2. The van der Waals surface area contributed by atoms with Crippen LogP contribution in [0.2, 0.25) is 0 Å². The first-order valence-electron chi connectivity index (χ1n) is 20.7. The molecule has 2 atom stereocenters. The van der Waals surface area contributed by atoms with Crippen molar-refractivity contribution >= 4 is 19.8 Å². The Morgan fingerprint density at radius 3 is 1.29 bits per heavy atom. The van der Waals surface area contributed by atoms with Crippen molar-refractivity contribution in [3.8, 4) is 0 Å². The second-order valence-corrected chi connectivity index (χ2v) is 15.8. The van der Waals surface area contributed by atoms with Crippen LogP contribution in [0.4, 0.5) is 0 Å². The molecule has 2 N–H and O–H groups in total. The molecule has 0 amide bonds. The predicted molar refractivity (Wildman–Crippen MR) is 202 cm³/mol. The van der Waals surface area contributed by atoms with Crippen LogP contribution >= 0.6 is 7.82 Å². The van der Waals surface area contributed by atoms with E-state index in [2.05, 4.69) is 25.3 Å². The minimum atomic E-state index is -4.74. The summed E-state index contributed by atoms with van der Waals surface area (Å²) in [6.45, 7) is 6.06. The highest BCUT2D eigenvalue weighted by molar-refractivity contribution is 7.46. The highest BCUT2D eigenvalue weighted by Crippen LogP contribution is 2.36. The van der Waals surface area contributed by atoms with E-state index in [-0.39, 0.29) is 19.4 Å². The third-order valence-electron chi connectivity index (χ3n) is 9.67. The summed E-state index contributed by atoms with van der Waals surface area (Å²) in [7, 11) is -4.74. The first kappa shape index (κ1) is 48.0. The lowest BCUT2D eigenvalue weighted by Crippen LogP contribution is -2.29. The van der Waals surface area contributed by atoms with Crippen LogP contribution in [0.1, 0.15) is 220 Å². The lowest BCUT2D eigenvalue weighted by Gasteiger charge is -2.18. The number of hydrogen-bond donors (Lipinski definition) is 2. The molecule has 9 heteroatoms. The van der Waals surface area contributed by atoms with Crippen LogP contribution < -0.4 is 0 Å². The molecule has 292 valence electrons. The van der Waals surface area contributed by atoms with E-state index in [1.54, 1.807) is 0 Å². The molecule has 0 bridgehead atoms. The molecule has 8 nitrogen and oxygen atoms in total. The van der Waals surface area contributed by atoms with Gasteiger partial charge in [0.25, 0.3) is 0 Å². The molecule has 0 aliphatic rings. The molecule has 0 rings (SSSR count). The number of unbranched alkanes of at least 4 members (excludes halogenated alkanes) is 25. The zero-order chi connectivity index (χ0) is 36.3. The van der Waals surface area contributed by atoms with Crippen LogP contribution in [0, 0.1) is 5.92 Å². The van der Waals surface area contributed by atoms with Gasteiger partial charge in [0.15, 0.2) is 6.10 Å². The largest absolute Gasteiger partial charge is 0.469 e. The van der Waals surface area contributed by atoms with Gasteiger partial charge in [-0.1, -0.05) is 194 Å². The Balaban J connectivity index is 3.87. The summed E-state index contributed by atoms with van der Waals surface area (Å²) < 4.78 is 26.4. The molecule has 0 aromatic rings. The smallest absolute Gasteiger partial charge is 0.462 e. The lowest BCUT2D eigenvalue weighted by atomic mass is 9.99. The maximum atomic E-state index is 12.4. The van der Waals surface area contributed by atoms with E-state index < -0.39 is 32.5 Å². The molecule has 0 fully saturated rings. The number of rotatable bonds is 38. The summed E-state index contributed by atoms with van der Waals surface area (Å²) in [6.07, 6.45) is 35.3. The summed E-state index contributed by atoms with van der Waals surface area (Å²) in [5.41, 5.74) is 0. The van der Waals surface area contributed by atoms with Crippen molar-refractivity contribution in [3.05, 3.63) is 0 Å². The summed E-state index contributed by atoms with van der Waals surface area (Å²) in [5, 5.41) is 0. The van der Waals surface area contributed by atoms with Crippen molar-refractivity contribution < 1.29 is 37.9 Å². The van der Waals surface area contributed by atoms with E-state index in [0.29, 0.717) is 6.42 Å². The summed E-state index contributed by atoms with van der Waals surface area (Å²) >= 11 is 0. The topological polar surface area (TPSA) is 119 Å². The Hall–Kier alpha value is -0.950. The highest BCUT2D eigenvalue weighted by Gasteiger charge is 2.23. The number of phosphoric acid groups is 1. The SMILES string of the molecule is CCCCCCCCCCCCCCCCCCCC(=O)OC[C@H](COP(=O)(O)O)OC(=O)CCCCCCCCCCCCC(C)CC. The number of ether oxygens (including phenoxy) is 2. The van der Waals surface area contributed by atoms with E-state index in [1.165, 1.54) is 141 Å². The molecule has 0 aliphatic heterocycles. The number of hydrogen-bond acceptors (Lipinski definition) is 6. The average Bonchev–Trinajstić information content (AvgIpc) is 3.07. The summed E-state index contributed by atoms with van der Waals surface area (Å²) in [5.74, 6) is -0.0211. The summed E-state index contributed by atoms with van der Waals surface area (Å²) in [4.78, 5) is 42.8. The first-order chi connectivity index (χ1) is 23.7. The molecule has 0 heterocycles. The molecule has 0 spiro atoms. The van der Waals surface area contributed by atoms with Gasteiger partial charge in [-0.3, -0.25) is 14.1 Å². The maximum Gasteiger partial charge on any atom is 0.469 e. The minimum Gasteiger partial charge on any atom is -0.462 e. The van der Waals surface area contributed by atoms with E-state index >= 15 is 0 Å². The van der Waals surface area contributed by atoms with Crippen LogP contribution in [-0.2, 0) is 28.2 Å². The fourth-order valence-electron chi connectivity index (χ4n) is 6.17. The number of esters is 2. The average molecular weight is 719 g/mol. The number of carbonyl (C=O) groups is 2. The van der Waals surface area contributed by atoms with Crippen LogP contribution in [0.15, 0.2) is 0 Å². The van der Waals surface area contributed by atoms with Crippen molar-refractivity contribution in [3.63, 3.8) is 0 Å². The van der Waals surface area contributed by atoms with Crippen LogP contribution in [0.25, 0.3) is 0 Å². The van der Waals surface area contributed by atoms with E-state index in [1.807, 2.05) is 0 Å². The van der Waals surface area contributed by atoms with Crippen molar-refractivity contribution in [1.29, 1.82) is 0 Å². The molecule has 49 heavy (non-hydrogen) atoms. The monoisotopic (exact) mass is 719 g/mol. The van der Waals surface area contributed by atoms with Gasteiger partial charge in [0.2, 0.25) is 0 Å². The van der Waals surface area contributed by atoms with Crippen LogP contribution in [-0.4, -0.2) is 41.0 Å². The third kappa shape index (κ3) is 38.1. The molecule has 0 saturated heterocycles. The Bertz CT molecular complexity index is 786. The van der Waals surface area contributed by atoms with Crippen molar-refractivity contribution in [2.24, 2.45) is 5.92 Å². The molecule has 0 aromatic carbocycles. The zero-order valence-electron chi connectivity index (χ0n) is 32.3. The van der Waals surface area contributed by atoms with Gasteiger partial charge < -0.3 is 19.3 Å². The first-order valence-corrected chi connectivity index (χ1v) is 22.3. The molecule has 0 aromatic heterocycles. The standard InChI is InChI=1S/C40H79O8P/c1-4-6-7-8-9-10-11-12-13-14-15-16-17-21-24-27-30-33-39(41)46-35-38(36-47-49(43,44)45)48-40(42)34-31-28-25-22-19-18-20-23-26-29-32-37(3)5-2/h37-38H,4-36H2,1-3H3,(H2,43,44,45)/t37?,38-/m1/s1. The second-order valence-electron chi connectivity index (χ2n) is 14.6. The Labute approximate surface area is 302 Å². The van der Waals surface area contributed by atoms with Gasteiger partial charge in [-0.15, -0.1) is 0 Å². The molecule has 0 radical (unpaired) electrons. The molecule has 1 unspecified atom stereocenters. The Morgan fingerprint density at radius 1 is 0.531 bits per heavy atom. The fourth-order valence-corrected chi connectivity index (χ4v) is 6.53. The van der Waals surface area contributed by atoms with Crippen molar-refractivity contribution in [1.82, 2.24) is 0 Å². The van der Waals surface area contributed by atoms with Gasteiger partial charge in [-0.2, -0.15) is 0 Å². The number of carbonyl (C=O) groups excluding carboxylic acids is 2. The van der Waals surface area contributed by atoms with E-state index in [9.17, 15) is 14.2 Å². The molecule has 0 aliphatic carbocycles. The van der Waals surface area contributed by atoms with Gasteiger partial charge in [-0.05, 0) is 18.8 Å². The van der Waals surface area contributed by atoms with Crippen molar-refractivity contribution in [2.45, 2.75) is 226 Å².